The molecule has 26 heavy (non-hydrogen) atoms. The minimum atomic E-state index is -4.46. The monoisotopic (exact) mass is 387 g/mol. The number of anilines is 1. The first kappa shape index (κ1) is 19.6. The van der Waals surface area contributed by atoms with Crippen LogP contribution in [-0.2, 0) is 20.8 Å². The third-order valence-electron chi connectivity index (χ3n) is 3.29. The molecular formula is C17H13F4NO3S. The number of hydrogen-bond donors (Lipinski definition) is 1. The Kier molecular flexibility index (Phi) is 5.50. The Balaban J connectivity index is 2.13. The third kappa shape index (κ3) is 5.16. The van der Waals surface area contributed by atoms with Gasteiger partial charge in [-0.15, -0.1) is 0 Å². The fourth-order valence-corrected chi connectivity index (χ4v) is 2.61. The topological polar surface area (TPSA) is 63.2 Å². The van der Waals surface area contributed by atoms with Gasteiger partial charge in [-0.3, -0.25) is 4.79 Å². The van der Waals surface area contributed by atoms with E-state index in [1.807, 2.05) is 0 Å². The first-order valence-corrected chi connectivity index (χ1v) is 9.02. The molecule has 0 unspecified atom stereocenters. The number of rotatable bonds is 4. The lowest BCUT2D eigenvalue weighted by Crippen LogP contribution is -2.10. The van der Waals surface area contributed by atoms with Gasteiger partial charge < -0.3 is 5.32 Å². The number of carbonyl (C=O) groups excluding carboxylic acids is 1. The molecule has 0 aliphatic heterocycles. The molecule has 0 saturated heterocycles. The van der Waals surface area contributed by atoms with Crippen LogP contribution in [0, 0.1) is 5.82 Å². The van der Waals surface area contributed by atoms with Crippen LogP contribution in [-0.4, -0.2) is 20.6 Å². The summed E-state index contributed by atoms with van der Waals surface area (Å²) in [7, 11) is -3.58. The van der Waals surface area contributed by atoms with Crippen molar-refractivity contribution in [1.29, 1.82) is 0 Å². The van der Waals surface area contributed by atoms with Crippen LogP contribution in [0.15, 0.2) is 53.4 Å². The highest BCUT2D eigenvalue weighted by Crippen LogP contribution is 2.29. The average molecular weight is 387 g/mol. The SMILES string of the molecule is CS(=O)(=O)c1ccc(F)c(NC(=O)/C=C/c2ccc(C(F)(F)F)cc2)c1. The second-order valence-electron chi connectivity index (χ2n) is 5.36. The van der Waals surface area contributed by atoms with Crippen molar-refractivity contribution >= 4 is 27.5 Å². The maximum Gasteiger partial charge on any atom is 0.416 e. The van der Waals surface area contributed by atoms with E-state index in [0.29, 0.717) is 5.56 Å². The Hall–Kier alpha value is -2.68. The number of carbonyl (C=O) groups is 1. The van der Waals surface area contributed by atoms with E-state index >= 15 is 0 Å². The van der Waals surface area contributed by atoms with E-state index in [9.17, 15) is 30.8 Å². The minimum Gasteiger partial charge on any atom is -0.320 e. The molecule has 0 atom stereocenters. The Labute approximate surface area is 147 Å². The largest absolute Gasteiger partial charge is 0.416 e. The van der Waals surface area contributed by atoms with Gasteiger partial charge in [-0.05, 0) is 42.0 Å². The Morgan fingerprint density at radius 1 is 1.08 bits per heavy atom. The van der Waals surface area contributed by atoms with Crippen LogP contribution in [0.4, 0.5) is 23.2 Å². The van der Waals surface area contributed by atoms with E-state index < -0.39 is 33.3 Å². The zero-order chi connectivity index (χ0) is 19.5. The fraction of sp³-hybridized carbons (Fsp3) is 0.118. The summed E-state index contributed by atoms with van der Waals surface area (Å²) in [5.74, 6) is -1.59. The Morgan fingerprint density at radius 3 is 2.23 bits per heavy atom. The van der Waals surface area contributed by atoms with Crippen molar-refractivity contribution in [3.8, 4) is 0 Å². The number of nitrogens with one attached hydrogen (secondary N) is 1. The highest BCUT2D eigenvalue weighted by Gasteiger charge is 2.29. The summed E-state index contributed by atoms with van der Waals surface area (Å²) in [6.07, 6.45) is -1.28. The molecule has 0 aliphatic carbocycles. The Bertz CT molecular complexity index is 949. The second kappa shape index (κ2) is 7.28. The molecule has 2 rings (SSSR count). The van der Waals surface area contributed by atoms with Gasteiger partial charge in [0.1, 0.15) is 5.82 Å². The van der Waals surface area contributed by atoms with Crippen LogP contribution >= 0.6 is 0 Å². The van der Waals surface area contributed by atoms with Gasteiger partial charge >= 0.3 is 6.18 Å². The number of alkyl halides is 3. The summed E-state index contributed by atoms with van der Waals surface area (Å²) < 4.78 is 74.0. The van der Waals surface area contributed by atoms with Gasteiger partial charge in [0.15, 0.2) is 9.84 Å². The van der Waals surface area contributed by atoms with Crippen molar-refractivity contribution in [2.45, 2.75) is 11.1 Å². The summed E-state index contributed by atoms with van der Waals surface area (Å²) in [5, 5.41) is 2.18. The summed E-state index contributed by atoms with van der Waals surface area (Å²) in [4.78, 5) is 11.7. The quantitative estimate of drug-likeness (QED) is 0.492. The predicted molar refractivity (Wildman–Crippen MR) is 88.6 cm³/mol. The van der Waals surface area contributed by atoms with Crippen LogP contribution in [0.25, 0.3) is 6.08 Å². The molecule has 4 nitrogen and oxygen atoms in total. The average Bonchev–Trinajstić information content (AvgIpc) is 2.53. The van der Waals surface area contributed by atoms with Crippen molar-refractivity contribution in [2.24, 2.45) is 0 Å². The van der Waals surface area contributed by atoms with Crippen LogP contribution in [0.5, 0.6) is 0 Å². The van der Waals surface area contributed by atoms with Crippen LogP contribution in [0.1, 0.15) is 11.1 Å². The predicted octanol–water partition coefficient (Wildman–Crippen LogP) is 3.90. The van der Waals surface area contributed by atoms with Crippen molar-refractivity contribution in [3.05, 3.63) is 65.5 Å². The molecule has 9 heteroatoms. The molecule has 0 saturated carbocycles. The second-order valence-corrected chi connectivity index (χ2v) is 7.37. The molecule has 0 aliphatic rings. The zero-order valence-electron chi connectivity index (χ0n) is 13.3. The highest BCUT2D eigenvalue weighted by atomic mass is 32.2. The van der Waals surface area contributed by atoms with Gasteiger partial charge in [0.25, 0.3) is 0 Å². The van der Waals surface area contributed by atoms with E-state index in [1.165, 1.54) is 18.2 Å². The number of amides is 1. The third-order valence-corrected chi connectivity index (χ3v) is 4.40. The number of benzene rings is 2. The summed E-state index contributed by atoms with van der Waals surface area (Å²) in [6, 6.07) is 7.05. The van der Waals surface area contributed by atoms with Crippen LogP contribution in [0.3, 0.4) is 0 Å². The maximum atomic E-state index is 13.7. The van der Waals surface area contributed by atoms with Gasteiger partial charge in [0.05, 0.1) is 16.1 Å². The first-order chi connectivity index (χ1) is 12.0. The molecule has 138 valence electrons. The van der Waals surface area contributed by atoms with Gasteiger partial charge in [0, 0.05) is 12.3 Å². The van der Waals surface area contributed by atoms with Crippen LogP contribution in [0.2, 0.25) is 0 Å². The zero-order valence-corrected chi connectivity index (χ0v) is 14.2. The van der Waals surface area contributed by atoms with E-state index in [1.54, 1.807) is 0 Å². The summed E-state index contributed by atoms with van der Waals surface area (Å²) in [6.45, 7) is 0. The molecule has 0 spiro atoms. The standard InChI is InChI=1S/C17H13F4NO3S/c1-26(24,25)13-7-8-14(18)15(10-13)22-16(23)9-4-11-2-5-12(6-3-11)17(19,20)21/h2-10H,1H3,(H,22,23)/b9-4+. The van der Waals surface area contributed by atoms with Gasteiger partial charge in [-0.25, -0.2) is 12.8 Å². The molecule has 1 amide bonds. The number of hydrogen-bond acceptors (Lipinski definition) is 3. The number of sulfone groups is 1. The van der Waals surface area contributed by atoms with E-state index in [-0.39, 0.29) is 10.6 Å². The Morgan fingerprint density at radius 2 is 1.69 bits per heavy atom. The maximum absolute atomic E-state index is 13.7. The van der Waals surface area contributed by atoms with E-state index in [0.717, 1.165) is 42.7 Å². The van der Waals surface area contributed by atoms with E-state index in [4.69, 9.17) is 0 Å². The fourth-order valence-electron chi connectivity index (χ4n) is 1.96. The summed E-state index contributed by atoms with van der Waals surface area (Å²) in [5.41, 5.74) is -0.813. The molecule has 0 heterocycles. The molecule has 2 aromatic carbocycles. The molecule has 0 radical (unpaired) electrons. The van der Waals surface area contributed by atoms with Gasteiger partial charge in [0.2, 0.25) is 5.91 Å². The normalized spacial score (nSPS) is 12.3. The molecule has 0 bridgehead atoms. The molecule has 0 aromatic heterocycles. The minimum absolute atomic E-state index is 0.166. The molecule has 0 fully saturated rings. The summed E-state index contributed by atoms with van der Waals surface area (Å²) >= 11 is 0. The smallest absolute Gasteiger partial charge is 0.320 e. The highest BCUT2D eigenvalue weighted by molar-refractivity contribution is 7.90. The lowest BCUT2D eigenvalue weighted by atomic mass is 10.1. The van der Waals surface area contributed by atoms with Gasteiger partial charge in [-0.2, -0.15) is 13.2 Å². The van der Waals surface area contributed by atoms with Gasteiger partial charge in [-0.1, -0.05) is 12.1 Å². The first-order valence-electron chi connectivity index (χ1n) is 7.13. The van der Waals surface area contributed by atoms with Crippen molar-refractivity contribution in [1.82, 2.24) is 0 Å². The van der Waals surface area contributed by atoms with Crippen LogP contribution < -0.4 is 5.32 Å². The molecular weight excluding hydrogens is 374 g/mol. The van der Waals surface area contributed by atoms with E-state index in [2.05, 4.69) is 5.32 Å². The molecule has 2 aromatic rings. The van der Waals surface area contributed by atoms with Crippen molar-refractivity contribution < 1.29 is 30.8 Å². The molecule has 1 N–H and O–H groups in total. The lowest BCUT2D eigenvalue weighted by molar-refractivity contribution is -0.137. The number of halogens is 4. The van der Waals surface area contributed by atoms with Crippen molar-refractivity contribution in [3.63, 3.8) is 0 Å². The lowest BCUT2D eigenvalue weighted by Gasteiger charge is -2.07. The van der Waals surface area contributed by atoms with Crippen molar-refractivity contribution in [2.75, 3.05) is 11.6 Å².